The fourth-order valence-electron chi connectivity index (χ4n) is 2.31. The average Bonchev–Trinajstić information content (AvgIpc) is 3.18. The van der Waals surface area contributed by atoms with Crippen LogP contribution in [0.3, 0.4) is 0 Å². The maximum absolute atomic E-state index is 12.2. The summed E-state index contributed by atoms with van der Waals surface area (Å²) in [7, 11) is 0. The molecule has 5 nitrogen and oxygen atoms in total. The van der Waals surface area contributed by atoms with Gasteiger partial charge < -0.3 is 10.1 Å². The lowest BCUT2D eigenvalue weighted by atomic mass is 10.1. The first-order valence-corrected chi connectivity index (χ1v) is 7.92. The number of nitrogens with one attached hydrogen (secondary N) is 1. The summed E-state index contributed by atoms with van der Waals surface area (Å²) >= 11 is 1.61. The molecule has 0 spiro atoms. The summed E-state index contributed by atoms with van der Waals surface area (Å²) in [5, 5.41) is 4.95. The van der Waals surface area contributed by atoms with Crippen LogP contribution in [0.15, 0.2) is 41.8 Å². The maximum atomic E-state index is 12.2. The van der Waals surface area contributed by atoms with Gasteiger partial charge in [-0.1, -0.05) is 6.07 Å². The molecule has 0 saturated carbocycles. The number of amides is 2. The average molecular weight is 316 g/mol. The number of nitrogens with zero attached hydrogens (tertiary/aromatic N) is 1. The van der Waals surface area contributed by atoms with Crippen molar-refractivity contribution in [3.05, 3.63) is 52.2 Å². The Morgan fingerprint density at radius 2 is 2.09 bits per heavy atom. The van der Waals surface area contributed by atoms with Crippen LogP contribution in [0.1, 0.15) is 28.2 Å². The minimum absolute atomic E-state index is 0.0271. The van der Waals surface area contributed by atoms with Crippen molar-refractivity contribution in [2.24, 2.45) is 0 Å². The number of hydrogen-bond acceptors (Lipinski definition) is 4. The van der Waals surface area contributed by atoms with E-state index < -0.39 is 0 Å². The van der Waals surface area contributed by atoms with Gasteiger partial charge >= 0.3 is 6.09 Å². The number of hydrogen-bond donors (Lipinski definition) is 1. The van der Waals surface area contributed by atoms with E-state index in [4.69, 9.17) is 4.74 Å². The number of carbonyl (C=O) groups excluding carboxylic acids is 2. The number of carbonyl (C=O) groups is 2. The van der Waals surface area contributed by atoms with Crippen LogP contribution in [0.2, 0.25) is 0 Å². The van der Waals surface area contributed by atoms with Crippen molar-refractivity contribution in [3.8, 4) is 0 Å². The molecular formula is C16H16N2O3S. The third kappa shape index (κ3) is 2.96. The molecule has 1 aliphatic heterocycles. The normalized spacial score (nSPS) is 15.5. The number of benzene rings is 1. The highest BCUT2D eigenvalue weighted by molar-refractivity contribution is 7.10. The van der Waals surface area contributed by atoms with Crippen LogP contribution < -0.4 is 10.2 Å². The van der Waals surface area contributed by atoms with Gasteiger partial charge in [-0.3, -0.25) is 9.69 Å². The highest BCUT2D eigenvalue weighted by Crippen LogP contribution is 2.21. The lowest BCUT2D eigenvalue weighted by Crippen LogP contribution is -2.26. The Kier molecular flexibility index (Phi) is 4.11. The molecule has 0 radical (unpaired) electrons. The molecule has 6 heteroatoms. The molecule has 1 saturated heterocycles. The highest BCUT2D eigenvalue weighted by atomic mass is 32.1. The van der Waals surface area contributed by atoms with Gasteiger partial charge in [0.15, 0.2) is 0 Å². The standard InChI is InChI=1S/C16H16N2O3S/c1-11(14-3-2-10-22-14)17-15(19)12-4-6-13(7-5-12)18-8-9-21-16(18)20/h2-7,10-11H,8-9H2,1H3,(H,17,19)/t11-/m1/s1. The minimum atomic E-state index is -0.344. The molecule has 1 N–H and O–H groups in total. The second-order valence-electron chi connectivity index (χ2n) is 5.02. The van der Waals surface area contributed by atoms with Gasteiger partial charge in [0.2, 0.25) is 0 Å². The first-order chi connectivity index (χ1) is 10.6. The van der Waals surface area contributed by atoms with Crippen LogP contribution in [0, 0.1) is 0 Å². The number of anilines is 1. The van der Waals surface area contributed by atoms with Gasteiger partial charge in [-0.2, -0.15) is 0 Å². The smallest absolute Gasteiger partial charge is 0.414 e. The predicted octanol–water partition coefficient (Wildman–Crippen LogP) is 3.20. The Morgan fingerprint density at radius 3 is 2.68 bits per heavy atom. The van der Waals surface area contributed by atoms with Crippen molar-refractivity contribution >= 4 is 29.0 Å². The lowest BCUT2D eigenvalue weighted by molar-refractivity contribution is 0.0940. The zero-order chi connectivity index (χ0) is 15.5. The second kappa shape index (κ2) is 6.19. The predicted molar refractivity (Wildman–Crippen MR) is 85.3 cm³/mol. The number of ether oxygens (including phenoxy) is 1. The van der Waals surface area contributed by atoms with E-state index >= 15 is 0 Å². The first kappa shape index (κ1) is 14.6. The summed E-state index contributed by atoms with van der Waals surface area (Å²) in [6, 6.07) is 10.9. The molecule has 0 aliphatic carbocycles. The van der Waals surface area contributed by atoms with Gasteiger partial charge in [0, 0.05) is 16.1 Å². The van der Waals surface area contributed by atoms with Gasteiger partial charge in [0.05, 0.1) is 12.6 Å². The summed E-state index contributed by atoms with van der Waals surface area (Å²) in [6.07, 6.45) is -0.344. The Bertz CT molecular complexity index is 667. The SMILES string of the molecule is C[C@@H](NC(=O)c1ccc(N2CCOC2=O)cc1)c1cccs1. The summed E-state index contributed by atoms with van der Waals surface area (Å²) in [6.45, 7) is 2.90. The lowest BCUT2D eigenvalue weighted by Gasteiger charge is -2.14. The fourth-order valence-corrected chi connectivity index (χ4v) is 3.04. The van der Waals surface area contributed by atoms with E-state index in [2.05, 4.69) is 5.32 Å². The van der Waals surface area contributed by atoms with Crippen LogP contribution in [-0.2, 0) is 4.74 Å². The van der Waals surface area contributed by atoms with Gasteiger partial charge in [0.25, 0.3) is 5.91 Å². The molecule has 0 bridgehead atoms. The van der Waals surface area contributed by atoms with E-state index in [0.29, 0.717) is 18.7 Å². The monoisotopic (exact) mass is 316 g/mol. The molecule has 22 heavy (non-hydrogen) atoms. The minimum Gasteiger partial charge on any atom is -0.447 e. The fraction of sp³-hybridized carbons (Fsp3) is 0.250. The van der Waals surface area contributed by atoms with Crippen LogP contribution in [0.25, 0.3) is 0 Å². The van der Waals surface area contributed by atoms with E-state index in [1.807, 2.05) is 24.4 Å². The summed E-state index contributed by atoms with van der Waals surface area (Å²) < 4.78 is 4.90. The van der Waals surface area contributed by atoms with E-state index in [9.17, 15) is 9.59 Å². The van der Waals surface area contributed by atoms with E-state index in [1.165, 1.54) is 0 Å². The van der Waals surface area contributed by atoms with Crippen molar-refractivity contribution in [1.82, 2.24) is 5.32 Å². The van der Waals surface area contributed by atoms with Gasteiger partial charge in [0.1, 0.15) is 6.61 Å². The molecule has 114 valence electrons. The molecule has 1 fully saturated rings. The molecular weight excluding hydrogens is 300 g/mol. The van der Waals surface area contributed by atoms with Crippen LogP contribution >= 0.6 is 11.3 Å². The van der Waals surface area contributed by atoms with E-state index in [0.717, 1.165) is 10.6 Å². The number of cyclic esters (lactones) is 1. The molecule has 2 heterocycles. The molecule has 3 rings (SSSR count). The van der Waals surface area contributed by atoms with Crippen LogP contribution in [-0.4, -0.2) is 25.2 Å². The Balaban J connectivity index is 1.67. The van der Waals surface area contributed by atoms with Crippen molar-refractivity contribution in [1.29, 1.82) is 0 Å². The van der Waals surface area contributed by atoms with Crippen LogP contribution in [0.5, 0.6) is 0 Å². The van der Waals surface area contributed by atoms with Crippen molar-refractivity contribution < 1.29 is 14.3 Å². The van der Waals surface area contributed by atoms with Gasteiger partial charge in [-0.15, -0.1) is 11.3 Å². The van der Waals surface area contributed by atoms with Crippen molar-refractivity contribution in [2.75, 3.05) is 18.1 Å². The molecule has 1 atom stereocenters. The third-order valence-corrected chi connectivity index (χ3v) is 4.57. The number of rotatable bonds is 4. The summed E-state index contributed by atoms with van der Waals surface area (Å²) in [5.41, 5.74) is 1.31. The summed E-state index contributed by atoms with van der Waals surface area (Å²) in [4.78, 5) is 26.4. The largest absolute Gasteiger partial charge is 0.447 e. The zero-order valence-corrected chi connectivity index (χ0v) is 12.9. The van der Waals surface area contributed by atoms with Crippen LogP contribution in [0.4, 0.5) is 10.5 Å². The Labute approximate surface area is 132 Å². The van der Waals surface area contributed by atoms with Gasteiger partial charge in [-0.25, -0.2) is 4.79 Å². The quantitative estimate of drug-likeness (QED) is 0.942. The van der Waals surface area contributed by atoms with Crippen molar-refractivity contribution in [2.45, 2.75) is 13.0 Å². The molecule has 1 aromatic carbocycles. The topological polar surface area (TPSA) is 58.6 Å². The molecule has 1 aliphatic rings. The Morgan fingerprint density at radius 1 is 1.32 bits per heavy atom. The first-order valence-electron chi connectivity index (χ1n) is 7.04. The van der Waals surface area contributed by atoms with Gasteiger partial charge in [-0.05, 0) is 42.6 Å². The molecule has 1 aromatic heterocycles. The maximum Gasteiger partial charge on any atom is 0.414 e. The third-order valence-electron chi connectivity index (χ3n) is 3.52. The van der Waals surface area contributed by atoms with E-state index in [-0.39, 0.29) is 18.0 Å². The molecule has 2 aromatic rings. The highest BCUT2D eigenvalue weighted by Gasteiger charge is 2.23. The Hall–Kier alpha value is -2.34. The summed E-state index contributed by atoms with van der Waals surface area (Å²) in [5.74, 6) is -0.128. The van der Waals surface area contributed by atoms with Crippen molar-refractivity contribution in [3.63, 3.8) is 0 Å². The van der Waals surface area contributed by atoms with E-state index in [1.54, 1.807) is 40.5 Å². The second-order valence-corrected chi connectivity index (χ2v) is 6.00. The zero-order valence-electron chi connectivity index (χ0n) is 12.1. The molecule has 0 unspecified atom stereocenters. The molecule has 2 amide bonds. The number of thiophene rings is 1.